The zero-order valence-corrected chi connectivity index (χ0v) is 32.9. The number of nitrogens with zero attached hydrogens (tertiary/aromatic N) is 1. The Bertz CT molecular complexity index is 3480. The van der Waals surface area contributed by atoms with Gasteiger partial charge in [-0.1, -0.05) is 159 Å². The minimum Gasteiger partial charge on any atom is -0.456 e. The van der Waals surface area contributed by atoms with Crippen LogP contribution in [0.3, 0.4) is 0 Å². The first-order valence-electron chi connectivity index (χ1n) is 20.5. The molecular weight excluding hydrogens is 715 g/mol. The second-order valence-electron chi connectivity index (χ2n) is 16.4. The summed E-state index contributed by atoms with van der Waals surface area (Å²) in [6, 6.07) is 73.3. The van der Waals surface area contributed by atoms with Crippen LogP contribution in [0.15, 0.2) is 205 Å². The molecule has 0 aliphatic heterocycles. The zero-order chi connectivity index (χ0) is 39.2. The molecule has 0 radical (unpaired) electrons. The molecule has 1 aliphatic rings. The molecule has 11 aromatic rings. The van der Waals surface area contributed by atoms with E-state index in [1.165, 1.54) is 82.2 Å². The minimum absolute atomic E-state index is 0.132. The van der Waals surface area contributed by atoms with Gasteiger partial charge in [-0.2, -0.15) is 0 Å². The van der Waals surface area contributed by atoms with Crippen molar-refractivity contribution in [2.45, 2.75) is 19.3 Å². The molecule has 1 heterocycles. The second-order valence-corrected chi connectivity index (χ2v) is 16.4. The standard InChI is InChI=1S/C57H39NO/c1-57(2)50-24-11-8-21-44(50)45-30-28-40(35-51(45)57)58(39-18-14-17-37(33-39)36-15-4-3-5-16-36)52-25-12-9-19-41(52)38-27-29-43-42-20-6-7-22-46(42)55-47(49(43)34-38)31-32-54-56(55)48-23-10-13-26-53(48)59-54/h3-35H,1-2H3. The highest BCUT2D eigenvalue weighted by atomic mass is 16.3. The van der Waals surface area contributed by atoms with E-state index in [9.17, 15) is 0 Å². The van der Waals surface area contributed by atoms with Gasteiger partial charge in [0.25, 0.3) is 0 Å². The SMILES string of the molecule is CC1(C)c2ccccc2-c2ccc(N(c3cccc(-c4ccccc4)c3)c3ccccc3-c3ccc4c5ccccc5c5c(ccc6oc7ccccc7c65)c4c3)cc21. The van der Waals surface area contributed by atoms with Gasteiger partial charge in [0.05, 0.1) is 5.69 Å². The lowest BCUT2D eigenvalue weighted by molar-refractivity contribution is 0.660. The van der Waals surface area contributed by atoms with Gasteiger partial charge in [-0.25, -0.2) is 0 Å². The number of anilines is 3. The molecule has 0 unspecified atom stereocenters. The monoisotopic (exact) mass is 753 g/mol. The third-order valence-corrected chi connectivity index (χ3v) is 12.8. The highest BCUT2D eigenvalue weighted by molar-refractivity contribution is 6.34. The Morgan fingerprint density at radius 1 is 0.356 bits per heavy atom. The lowest BCUT2D eigenvalue weighted by Gasteiger charge is -2.30. The van der Waals surface area contributed by atoms with Crippen molar-refractivity contribution in [1.29, 1.82) is 0 Å². The van der Waals surface area contributed by atoms with Crippen molar-refractivity contribution in [3.05, 3.63) is 211 Å². The predicted octanol–water partition coefficient (Wildman–Crippen LogP) is 16.2. The quantitative estimate of drug-likeness (QED) is 0.163. The summed E-state index contributed by atoms with van der Waals surface area (Å²) in [7, 11) is 0. The lowest BCUT2D eigenvalue weighted by atomic mass is 9.82. The Labute approximate surface area is 343 Å². The molecular formula is C57H39NO. The average molecular weight is 754 g/mol. The van der Waals surface area contributed by atoms with Gasteiger partial charge in [-0.3, -0.25) is 0 Å². The van der Waals surface area contributed by atoms with E-state index in [4.69, 9.17) is 4.42 Å². The van der Waals surface area contributed by atoms with E-state index in [0.717, 1.165) is 33.6 Å². The molecule has 0 bridgehead atoms. The zero-order valence-electron chi connectivity index (χ0n) is 32.9. The van der Waals surface area contributed by atoms with Gasteiger partial charge in [0, 0.05) is 38.5 Å². The molecule has 1 aromatic heterocycles. The number of para-hydroxylation sites is 2. The molecule has 0 fully saturated rings. The number of hydrogen-bond donors (Lipinski definition) is 0. The first kappa shape index (κ1) is 33.7. The number of benzene rings is 10. The van der Waals surface area contributed by atoms with Crippen LogP contribution in [-0.2, 0) is 5.41 Å². The summed E-state index contributed by atoms with van der Waals surface area (Å²) < 4.78 is 6.43. The molecule has 59 heavy (non-hydrogen) atoms. The maximum absolute atomic E-state index is 6.43. The molecule has 2 heteroatoms. The molecule has 0 saturated carbocycles. The Balaban J connectivity index is 1.10. The van der Waals surface area contributed by atoms with Gasteiger partial charge < -0.3 is 9.32 Å². The molecule has 0 N–H and O–H groups in total. The lowest BCUT2D eigenvalue weighted by Crippen LogP contribution is -2.17. The fourth-order valence-electron chi connectivity index (χ4n) is 10.1. The van der Waals surface area contributed by atoms with Crippen LogP contribution in [0.2, 0.25) is 0 Å². The second kappa shape index (κ2) is 12.8. The van der Waals surface area contributed by atoms with Crippen LogP contribution in [0.5, 0.6) is 0 Å². The summed E-state index contributed by atoms with van der Waals surface area (Å²) >= 11 is 0. The summed E-state index contributed by atoms with van der Waals surface area (Å²) in [4.78, 5) is 2.46. The topological polar surface area (TPSA) is 16.4 Å². The fourth-order valence-corrected chi connectivity index (χ4v) is 10.1. The summed E-state index contributed by atoms with van der Waals surface area (Å²) in [6.45, 7) is 4.72. The van der Waals surface area contributed by atoms with Crippen molar-refractivity contribution in [1.82, 2.24) is 0 Å². The molecule has 1 aliphatic carbocycles. The van der Waals surface area contributed by atoms with Crippen LogP contribution in [0.4, 0.5) is 17.1 Å². The highest BCUT2D eigenvalue weighted by Gasteiger charge is 2.36. The maximum atomic E-state index is 6.43. The van der Waals surface area contributed by atoms with Crippen LogP contribution in [0.1, 0.15) is 25.0 Å². The van der Waals surface area contributed by atoms with E-state index < -0.39 is 0 Å². The van der Waals surface area contributed by atoms with Gasteiger partial charge in [0.1, 0.15) is 11.2 Å². The van der Waals surface area contributed by atoms with Gasteiger partial charge in [0.15, 0.2) is 0 Å². The molecule has 0 amide bonds. The van der Waals surface area contributed by atoms with Crippen molar-refractivity contribution in [3.8, 4) is 33.4 Å². The van der Waals surface area contributed by atoms with E-state index in [-0.39, 0.29) is 5.41 Å². The number of fused-ring (bicyclic) bond motifs is 13. The third-order valence-electron chi connectivity index (χ3n) is 12.8. The number of furan rings is 1. The van der Waals surface area contributed by atoms with E-state index in [2.05, 4.69) is 213 Å². The maximum Gasteiger partial charge on any atom is 0.136 e. The largest absolute Gasteiger partial charge is 0.456 e. The van der Waals surface area contributed by atoms with Crippen LogP contribution in [0, 0.1) is 0 Å². The molecule has 0 atom stereocenters. The van der Waals surface area contributed by atoms with Crippen molar-refractivity contribution in [2.75, 3.05) is 4.90 Å². The molecule has 10 aromatic carbocycles. The predicted molar refractivity (Wildman–Crippen MR) is 249 cm³/mol. The first-order chi connectivity index (χ1) is 29.0. The van der Waals surface area contributed by atoms with Crippen LogP contribution < -0.4 is 4.90 Å². The Morgan fingerprint density at radius 3 is 1.88 bits per heavy atom. The summed E-state index contributed by atoms with van der Waals surface area (Å²) in [6.07, 6.45) is 0. The smallest absolute Gasteiger partial charge is 0.136 e. The third kappa shape index (κ3) is 5.06. The van der Waals surface area contributed by atoms with Gasteiger partial charge in [0.2, 0.25) is 0 Å². The van der Waals surface area contributed by atoms with Gasteiger partial charge in [-0.05, 0) is 120 Å². The molecule has 12 rings (SSSR count). The van der Waals surface area contributed by atoms with Crippen molar-refractivity contribution in [2.24, 2.45) is 0 Å². The summed E-state index contributed by atoms with van der Waals surface area (Å²) in [5.74, 6) is 0. The first-order valence-corrected chi connectivity index (χ1v) is 20.5. The molecule has 0 spiro atoms. The highest BCUT2D eigenvalue weighted by Crippen LogP contribution is 2.52. The van der Waals surface area contributed by atoms with Crippen molar-refractivity contribution in [3.63, 3.8) is 0 Å². The fraction of sp³-hybridized carbons (Fsp3) is 0.0526. The summed E-state index contributed by atoms with van der Waals surface area (Å²) in [5.41, 5.74) is 15.1. The van der Waals surface area contributed by atoms with Crippen LogP contribution >= 0.6 is 0 Å². The molecule has 2 nitrogen and oxygen atoms in total. The number of rotatable bonds is 5. The summed E-state index contributed by atoms with van der Waals surface area (Å²) in [5, 5.41) is 9.75. The van der Waals surface area contributed by atoms with E-state index >= 15 is 0 Å². The van der Waals surface area contributed by atoms with E-state index in [0.29, 0.717) is 0 Å². The van der Waals surface area contributed by atoms with E-state index in [1.54, 1.807) is 0 Å². The minimum atomic E-state index is -0.132. The van der Waals surface area contributed by atoms with Gasteiger partial charge in [-0.15, -0.1) is 0 Å². The Kier molecular flexibility index (Phi) is 7.31. The van der Waals surface area contributed by atoms with E-state index in [1.807, 2.05) is 6.07 Å². The normalized spacial score (nSPS) is 13.1. The van der Waals surface area contributed by atoms with Crippen LogP contribution in [0.25, 0.3) is 87.6 Å². The van der Waals surface area contributed by atoms with Crippen LogP contribution in [-0.4, -0.2) is 0 Å². The molecule has 0 saturated heterocycles. The Morgan fingerprint density at radius 2 is 1.00 bits per heavy atom. The van der Waals surface area contributed by atoms with Gasteiger partial charge >= 0.3 is 0 Å². The molecule has 278 valence electrons. The van der Waals surface area contributed by atoms with Crippen molar-refractivity contribution >= 4 is 71.3 Å². The Hall–Kier alpha value is -7.42. The van der Waals surface area contributed by atoms with Crippen molar-refractivity contribution < 1.29 is 4.42 Å². The number of hydrogen-bond acceptors (Lipinski definition) is 2. The average Bonchev–Trinajstić information content (AvgIpc) is 3.78.